The minimum atomic E-state index is -0.130. The van der Waals surface area contributed by atoms with Crippen molar-refractivity contribution in [1.29, 1.82) is 0 Å². The summed E-state index contributed by atoms with van der Waals surface area (Å²) in [5, 5.41) is 3.33. The first-order valence-corrected chi connectivity index (χ1v) is 7.40. The fourth-order valence-corrected chi connectivity index (χ4v) is 2.36. The Kier molecular flexibility index (Phi) is 7.99. The van der Waals surface area contributed by atoms with Gasteiger partial charge in [-0.05, 0) is 27.2 Å². The van der Waals surface area contributed by atoms with Gasteiger partial charge in [-0.3, -0.25) is 9.79 Å². The van der Waals surface area contributed by atoms with Crippen LogP contribution in [0.15, 0.2) is 4.99 Å². The first-order chi connectivity index (χ1) is 9.26. The summed E-state index contributed by atoms with van der Waals surface area (Å²) in [6.45, 7) is 13.0. The van der Waals surface area contributed by atoms with Crippen molar-refractivity contribution >= 4 is 35.9 Å². The maximum atomic E-state index is 11.3. The number of guanidine groups is 1. The Hall–Kier alpha value is -0.530. The van der Waals surface area contributed by atoms with Gasteiger partial charge in [0, 0.05) is 37.5 Å². The van der Waals surface area contributed by atoms with Crippen LogP contribution in [0.3, 0.4) is 0 Å². The average molecular weight is 411 g/mol. The predicted molar refractivity (Wildman–Crippen MR) is 97.2 cm³/mol. The quantitative estimate of drug-likeness (QED) is 0.249. The number of hydrogen-bond donors (Lipinski definition) is 1. The molecule has 0 aliphatic carbocycles. The number of carbonyl (C=O) groups excluding carboxylic acids is 1. The van der Waals surface area contributed by atoms with Crippen molar-refractivity contribution in [2.75, 3.05) is 26.7 Å². The second-order valence-corrected chi connectivity index (χ2v) is 6.41. The molecule has 1 rings (SSSR count). The van der Waals surface area contributed by atoms with Crippen LogP contribution < -0.4 is 5.32 Å². The molecule has 0 radical (unpaired) electrons. The monoisotopic (exact) mass is 411 g/mol. The smallest absolute Gasteiger partial charge is 0.305 e. The van der Waals surface area contributed by atoms with E-state index in [9.17, 15) is 4.79 Å². The molecule has 1 fully saturated rings. The number of nitrogens with one attached hydrogen (secondary N) is 1. The number of hydrogen-bond acceptors (Lipinski definition) is 3. The molecule has 6 heteroatoms. The SMILES string of the molecule is CCOC(=O)CCCNC(=NC)N1CC(C)(C)C1(C)C.I. The molecule has 1 N–H and O–H groups in total. The second kappa shape index (κ2) is 8.19. The summed E-state index contributed by atoms with van der Waals surface area (Å²) in [6, 6.07) is 0. The van der Waals surface area contributed by atoms with Crippen molar-refractivity contribution in [3.05, 3.63) is 0 Å². The molecule has 21 heavy (non-hydrogen) atoms. The number of aliphatic imine (C=N–C) groups is 1. The first-order valence-electron chi connectivity index (χ1n) is 7.40. The Labute approximate surface area is 145 Å². The zero-order valence-electron chi connectivity index (χ0n) is 14.2. The van der Waals surface area contributed by atoms with Crippen LogP contribution in [0.2, 0.25) is 0 Å². The van der Waals surface area contributed by atoms with E-state index in [0.29, 0.717) is 13.0 Å². The molecular formula is C15H30IN3O2. The van der Waals surface area contributed by atoms with Crippen LogP contribution in [0, 0.1) is 5.41 Å². The summed E-state index contributed by atoms with van der Waals surface area (Å²) in [5.41, 5.74) is 0.380. The lowest BCUT2D eigenvalue weighted by Crippen LogP contribution is -2.72. The van der Waals surface area contributed by atoms with E-state index < -0.39 is 0 Å². The molecule has 0 aromatic carbocycles. The molecule has 1 saturated heterocycles. The molecule has 1 aliphatic rings. The van der Waals surface area contributed by atoms with E-state index in [-0.39, 0.29) is 40.9 Å². The van der Waals surface area contributed by atoms with Crippen molar-refractivity contribution in [2.45, 2.75) is 53.0 Å². The third-order valence-corrected chi connectivity index (χ3v) is 4.50. The highest BCUT2D eigenvalue weighted by Crippen LogP contribution is 2.46. The van der Waals surface area contributed by atoms with Gasteiger partial charge in [0.05, 0.1) is 6.61 Å². The predicted octanol–water partition coefficient (Wildman–Crippen LogP) is 2.64. The van der Waals surface area contributed by atoms with Gasteiger partial charge in [-0.15, -0.1) is 24.0 Å². The Morgan fingerprint density at radius 3 is 2.38 bits per heavy atom. The fourth-order valence-electron chi connectivity index (χ4n) is 2.36. The normalized spacial score (nSPS) is 19.3. The summed E-state index contributed by atoms with van der Waals surface area (Å²) in [4.78, 5) is 17.9. The lowest BCUT2D eigenvalue weighted by Gasteiger charge is -2.62. The summed E-state index contributed by atoms with van der Waals surface area (Å²) >= 11 is 0. The summed E-state index contributed by atoms with van der Waals surface area (Å²) in [7, 11) is 1.80. The van der Waals surface area contributed by atoms with E-state index in [1.165, 1.54) is 0 Å². The molecule has 0 aromatic heterocycles. The lowest BCUT2D eigenvalue weighted by atomic mass is 9.65. The van der Waals surface area contributed by atoms with Gasteiger partial charge in [0.1, 0.15) is 0 Å². The summed E-state index contributed by atoms with van der Waals surface area (Å²) < 4.78 is 4.91. The van der Waals surface area contributed by atoms with E-state index in [2.05, 4.69) is 42.9 Å². The van der Waals surface area contributed by atoms with Crippen molar-refractivity contribution in [3.8, 4) is 0 Å². The molecule has 1 aliphatic heterocycles. The number of ether oxygens (including phenoxy) is 1. The minimum Gasteiger partial charge on any atom is -0.466 e. The molecule has 0 aromatic rings. The molecule has 0 atom stereocenters. The molecule has 5 nitrogen and oxygen atoms in total. The molecule has 0 spiro atoms. The van der Waals surface area contributed by atoms with Crippen LogP contribution in [0.1, 0.15) is 47.5 Å². The Balaban J connectivity index is 0.00000400. The highest BCUT2D eigenvalue weighted by Gasteiger charge is 2.53. The minimum absolute atomic E-state index is 0. The van der Waals surface area contributed by atoms with E-state index in [4.69, 9.17) is 4.74 Å². The van der Waals surface area contributed by atoms with Crippen LogP contribution >= 0.6 is 24.0 Å². The lowest BCUT2D eigenvalue weighted by molar-refractivity contribution is -0.143. The fraction of sp³-hybridized carbons (Fsp3) is 0.867. The van der Waals surface area contributed by atoms with Crippen molar-refractivity contribution in [2.24, 2.45) is 10.4 Å². The van der Waals surface area contributed by atoms with Crippen molar-refractivity contribution < 1.29 is 9.53 Å². The maximum absolute atomic E-state index is 11.3. The molecule has 0 unspecified atom stereocenters. The summed E-state index contributed by atoms with van der Waals surface area (Å²) in [5.74, 6) is 0.785. The van der Waals surface area contributed by atoms with E-state index in [1.807, 2.05) is 6.92 Å². The number of rotatable bonds is 5. The van der Waals surface area contributed by atoms with E-state index in [1.54, 1.807) is 7.05 Å². The number of nitrogens with zero attached hydrogens (tertiary/aromatic N) is 2. The zero-order valence-corrected chi connectivity index (χ0v) is 16.5. The highest BCUT2D eigenvalue weighted by molar-refractivity contribution is 14.0. The first kappa shape index (κ1) is 20.5. The third kappa shape index (κ3) is 4.72. The Morgan fingerprint density at radius 2 is 1.95 bits per heavy atom. The van der Waals surface area contributed by atoms with Gasteiger partial charge >= 0.3 is 5.97 Å². The van der Waals surface area contributed by atoms with Gasteiger partial charge in [0.25, 0.3) is 0 Å². The second-order valence-electron chi connectivity index (χ2n) is 6.41. The summed E-state index contributed by atoms with van der Waals surface area (Å²) in [6.07, 6.45) is 1.21. The van der Waals surface area contributed by atoms with Crippen LogP contribution in [-0.4, -0.2) is 49.1 Å². The van der Waals surface area contributed by atoms with Crippen LogP contribution in [-0.2, 0) is 9.53 Å². The molecular weight excluding hydrogens is 381 g/mol. The molecule has 124 valence electrons. The highest BCUT2D eigenvalue weighted by atomic mass is 127. The third-order valence-electron chi connectivity index (χ3n) is 4.50. The number of likely N-dealkylation sites (tertiary alicyclic amines) is 1. The molecule has 0 bridgehead atoms. The zero-order chi connectivity index (χ0) is 15.4. The average Bonchev–Trinajstić information content (AvgIpc) is 2.37. The van der Waals surface area contributed by atoms with Crippen LogP contribution in [0.5, 0.6) is 0 Å². The van der Waals surface area contributed by atoms with Gasteiger partial charge in [-0.1, -0.05) is 13.8 Å². The molecule has 1 heterocycles. The van der Waals surface area contributed by atoms with Crippen molar-refractivity contribution in [3.63, 3.8) is 0 Å². The van der Waals surface area contributed by atoms with E-state index >= 15 is 0 Å². The Morgan fingerprint density at radius 1 is 1.33 bits per heavy atom. The number of carbonyl (C=O) groups is 1. The van der Waals surface area contributed by atoms with Gasteiger partial charge in [0.15, 0.2) is 5.96 Å². The van der Waals surface area contributed by atoms with E-state index in [0.717, 1.165) is 25.5 Å². The molecule has 0 saturated carbocycles. The molecule has 0 amide bonds. The van der Waals surface area contributed by atoms with Crippen LogP contribution in [0.4, 0.5) is 0 Å². The van der Waals surface area contributed by atoms with Crippen molar-refractivity contribution in [1.82, 2.24) is 10.2 Å². The Bertz CT molecular complexity index is 381. The standard InChI is InChI=1S/C15H29N3O2.HI/c1-7-20-12(19)9-8-10-17-13(16-6)18-11-14(2,3)15(18,4)5;/h7-11H2,1-6H3,(H,16,17);1H. The van der Waals surface area contributed by atoms with Gasteiger partial charge < -0.3 is 15.0 Å². The largest absolute Gasteiger partial charge is 0.466 e. The maximum Gasteiger partial charge on any atom is 0.305 e. The van der Waals surface area contributed by atoms with Crippen LogP contribution in [0.25, 0.3) is 0 Å². The van der Waals surface area contributed by atoms with Gasteiger partial charge in [0.2, 0.25) is 0 Å². The number of halogens is 1. The van der Waals surface area contributed by atoms with Gasteiger partial charge in [-0.25, -0.2) is 0 Å². The van der Waals surface area contributed by atoms with Gasteiger partial charge in [-0.2, -0.15) is 0 Å². The number of esters is 1. The topological polar surface area (TPSA) is 53.9 Å².